The van der Waals surface area contributed by atoms with E-state index in [9.17, 15) is 4.79 Å². The van der Waals surface area contributed by atoms with Crippen molar-refractivity contribution >= 4 is 5.91 Å². The fourth-order valence-electron chi connectivity index (χ4n) is 2.98. The van der Waals surface area contributed by atoms with E-state index in [-0.39, 0.29) is 5.91 Å². The summed E-state index contributed by atoms with van der Waals surface area (Å²) in [4.78, 5) is 14.4. The third-order valence-corrected chi connectivity index (χ3v) is 4.35. The van der Waals surface area contributed by atoms with Crippen molar-refractivity contribution in [3.8, 4) is 11.5 Å². The van der Waals surface area contributed by atoms with Gasteiger partial charge in [0.25, 0.3) is 0 Å². The number of likely N-dealkylation sites (N-methyl/N-ethyl adjacent to an activating group) is 1. The van der Waals surface area contributed by atoms with Crippen LogP contribution in [0.15, 0.2) is 18.2 Å². The number of carbonyl (C=O) groups is 1. The highest BCUT2D eigenvalue weighted by Crippen LogP contribution is 2.26. The molecule has 21 heavy (non-hydrogen) atoms. The smallest absolute Gasteiger partial charge is 0.227 e. The van der Waals surface area contributed by atoms with Crippen LogP contribution in [0.1, 0.15) is 37.7 Å². The lowest BCUT2D eigenvalue weighted by Gasteiger charge is -2.31. The Balaban J connectivity index is 2.07. The van der Waals surface area contributed by atoms with Gasteiger partial charge in [-0.15, -0.1) is 0 Å². The predicted octanol–water partition coefficient (Wildman–Crippen LogP) is 3.04. The van der Waals surface area contributed by atoms with Gasteiger partial charge in [0, 0.05) is 18.7 Å². The van der Waals surface area contributed by atoms with Gasteiger partial charge >= 0.3 is 0 Å². The highest BCUT2D eigenvalue weighted by molar-refractivity contribution is 5.79. The molecule has 1 amide bonds. The number of benzene rings is 1. The Labute approximate surface area is 127 Å². The van der Waals surface area contributed by atoms with Gasteiger partial charge in [-0.2, -0.15) is 0 Å². The lowest BCUT2D eigenvalue weighted by molar-refractivity contribution is -0.131. The lowest BCUT2D eigenvalue weighted by atomic mass is 9.94. The average molecular weight is 291 g/mol. The molecule has 0 spiro atoms. The van der Waals surface area contributed by atoms with Crippen molar-refractivity contribution in [1.82, 2.24) is 4.90 Å². The van der Waals surface area contributed by atoms with E-state index >= 15 is 0 Å². The summed E-state index contributed by atoms with van der Waals surface area (Å²) in [5.74, 6) is 1.63. The summed E-state index contributed by atoms with van der Waals surface area (Å²) in [5, 5.41) is 0. The largest absolute Gasteiger partial charge is 0.497 e. The lowest BCUT2D eigenvalue weighted by Crippen LogP contribution is -2.39. The van der Waals surface area contributed by atoms with Gasteiger partial charge in [0.2, 0.25) is 5.91 Å². The summed E-state index contributed by atoms with van der Waals surface area (Å²) in [6.07, 6.45) is 6.35. The number of hydrogen-bond donors (Lipinski definition) is 0. The first-order valence-corrected chi connectivity index (χ1v) is 7.62. The first-order chi connectivity index (χ1) is 10.2. The van der Waals surface area contributed by atoms with Crippen LogP contribution in [0.3, 0.4) is 0 Å². The Kier molecular flexibility index (Phi) is 5.48. The molecule has 4 heteroatoms. The molecular formula is C17H25NO3. The normalized spacial score (nSPS) is 15.6. The summed E-state index contributed by atoms with van der Waals surface area (Å²) in [6, 6.07) is 5.97. The van der Waals surface area contributed by atoms with Crippen LogP contribution < -0.4 is 9.47 Å². The van der Waals surface area contributed by atoms with Gasteiger partial charge in [-0.3, -0.25) is 4.79 Å². The average Bonchev–Trinajstić information content (AvgIpc) is 2.54. The van der Waals surface area contributed by atoms with Crippen LogP contribution in [-0.2, 0) is 11.2 Å². The van der Waals surface area contributed by atoms with E-state index in [4.69, 9.17) is 9.47 Å². The minimum Gasteiger partial charge on any atom is -0.497 e. The maximum absolute atomic E-state index is 12.5. The van der Waals surface area contributed by atoms with Crippen LogP contribution in [0.5, 0.6) is 11.5 Å². The number of carbonyl (C=O) groups excluding carboxylic acids is 1. The van der Waals surface area contributed by atoms with Crippen LogP contribution in [0.25, 0.3) is 0 Å². The number of hydrogen-bond acceptors (Lipinski definition) is 3. The fraction of sp³-hybridized carbons (Fsp3) is 0.588. The van der Waals surface area contributed by atoms with Crippen LogP contribution in [-0.4, -0.2) is 38.1 Å². The van der Waals surface area contributed by atoms with Crippen LogP contribution in [0.2, 0.25) is 0 Å². The van der Waals surface area contributed by atoms with Gasteiger partial charge in [-0.25, -0.2) is 0 Å². The molecule has 0 aromatic heterocycles. The van der Waals surface area contributed by atoms with Crippen molar-refractivity contribution in [1.29, 1.82) is 0 Å². The third-order valence-electron chi connectivity index (χ3n) is 4.35. The summed E-state index contributed by atoms with van der Waals surface area (Å²) in [6.45, 7) is 0. The first-order valence-electron chi connectivity index (χ1n) is 7.62. The van der Waals surface area contributed by atoms with Crippen molar-refractivity contribution < 1.29 is 14.3 Å². The van der Waals surface area contributed by atoms with Crippen molar-refractivity contribution in [2.75, 3.05) is 21.3 Å². The van der Waals surface area contributed by atoms with E-state index in [0.29, 0.717) is 12.5 Å². The molecule has 2 rings (SSSR count). The van der Waals surface area contributed by atoms with E-state index < -0.39 is 0 Å². The summed E-state index contributed by atoms with van der Waals surface area (Å²) in [5.41, 5.74) is 0.879. The molecule has 1 saturated carbocycles. The molecule has 1 fully saturated rings. The van der Waals surface area contributed by atoms with Crippen LogP contribution in [0, 0.1) is 0 Å². The Morgan fingerprint density at radius 1 is 1.19 bits per heavy atom. The molecule has 0 bridgehead atoms. The Morgan fingerprint density at radius 2 is 1.90 bits per heavy atom. The summed E-state index contributed by atoms with van der Waals surface area (Å²) in [7, 11) is 5.17. The molecule has 0 N–H and O–H groups in total. The summed E-state index contributed by atoms with van der Waals surface area (Å²) < 4.78 is 10.6. The van der Waals surface area contributed by atoms with Crippen molar-refractivity contribution in [3.63, 3.8) is 0 Å². The second kappa shape index (κ2) is 7.34. The minimum atomic E-state index is 0.147. The molecule has 0 saturated heterocycles. The molecule has 4 nitrogen and oxygen atoms in total. The van der Waals surface area contributed by atoms with Crippen LogP contribution >= 0.6 is 0 Å². The molecule has 116 valence electrons. The monoisotopic (exact) mass is 291 g/mol. The Hall–Kier alpha value is -1.71. The standard InChI is InChI=1S/C17H25NO3/c1-18(14-7-5-4-6-8-14)17(19)12-13-11-15(20-2)9-10-16(13)21-3/h9-11,14H,4-8,12H2,1-3H3. The number of amides is 1. The molecule has 1 aromatic rings. The zero-order valence-corrected chi connectivity index (χ0v) is 13.2. The number of rotatable bonds is 5. The molecular weight excluding hydrogens is 266 g/mol. The van der Waals surface area contributed by atoms with E-state index in [2.05, 4.69) is 0 Å². The molecule has 1 aliphatic carbocycles. The van der Waals surface area contributed by atoms with E-state index in [1.165, 1.54) is 19.3 Å². The fourth-order valence-corrected chi connectivity index (χ4v) is 2.98. The van der Waals surface area contributed by atoms with Gasteiger partial charge < -0.3 is 14.4 Å². The van der Waals surface area contributed by atoms with E-state index in [1.54, 1.807) is 14.2 Å². The van der Waals surface area contributed by atoms with Gasteiger partial charge in [-0.05, 0) is 31.0 Å². The molecule has 0 aliphatic heterocycles. The second-order valence-electron chi connectivity index (χ2n) is 5.65. The van der Waals surface area contributed by atoms with Gasteiger partial charge in [0.15, 0.2) is 0 Å². The maximum atomic E-state index is 12.5. The molecule has 1 aromatic carbocycles. The second-order valence-corrected chi connectivity index (χ2v) is 5.65. The zero-order valence-electron chi connectivity index (χ0n) is 13.2. The Morgan fingerprint density at radius 3 is 2.52 bits per heavy atom. The van der Waals surface area contributed by atoms with E-state index in [0.717, 1.165) is 29.9 Å². The number of methoxy groups -OCH3 is 2. The van der Waals surface area contributed by atoms with Crippen LogP contribution in [0.4, 0.5) is 0 Å². The van der Waals surface area contributed by atoms with E-state index in [1.807, 2.05) is 30.1 Å². The van der Waals surface area contributed by atoms with Gasteiger partial charge in [0.1, 0.15) is 11.5 Å². The van der Waals surface area contributed by atoms with Crippen molar-refractivity contribution in [3.05, 3.63) is 23.8 Å². The molecule has 0 heterocycles. The molecule has 0 atom stereocenters. The topological polar surface area (TPSA) is 38.8 Å². The summed E-state index contributed by atoms with van der Waals surface area (Å²) >= 11 is 0. The Bertz CT molecular complexity index is 481. The minimum absolute atomic E-state index is 0.147. The number of nitrogens with zero attached hydrogens (tertiary/aromatic N) is 1. The zero-order chi connectivity index (χ0) is 15.2. The third kappa shape index (κ3) is 3.90. The number of ether oxygens (including phenoxy) is 2. The van der Waals surface area contributed by atoms with Gasteiger partial charge in [-0.1, -0.05) is 19.3 Å². The maximum Gasteiger partial charge on any atom is 0.227 e. The SMILES string of the molecule is COc1ccc(OC)c(CC(=O)N(C)C2CCCCC2)c1. The highest BCUT2D eigenvalue weighted by atomic mass is 16.5. The highest BCUT2D eigenvalue weighted by Gasteiger charge is 2.23. The van der Waals surface area contributed by atoms with Crippen molar-refractivity contribution in [2.24, 2.45) is 0 Å². The predicted molar refractivity (Wildman–Crippen MR) is 82.9 cm³/mol. The van der Waals surface area contributed by atoms with Crippen molar-refractivity contribution in [2.45, 2.75) is 44.6 Å². The first kappa shape index (κ1) is 15.7. The van der Waals surface area contributed by atoms with Gasteiger partial charge in [0.05, 0.1) is 20.6 Å². The molecule has 0 radical (unpaired) electrons. The quantitative estimate of drug-likeness (QED) is 0.837. The molecule has 0 unspecified atom stereocenters. The molecule has 1 aliphatic rings.